The second-order valence-electron chi connectivity index (χ2n) is 5.73. The summed E-state index contributed by atoms with van der Waals surface area (Å²) in [5, 5.41) is 9.59. The average molecular weight is 229 g/mol. The molecule has 4 nitrogen and oxygen atoms in total. The highest BCUT2D eigenvalue weighted by Crippen LogP contribution is 2.24. The lowest BCUT2D eigenvalue weighted by atomic mass is 9.92. The molecule has 0 aromatic carbocycles. The fraction of sp³-hybridized carbons (Fsp3) is 0.917. The Bertz CT molecular complexity index is 247. The Morgan fingerprint density at radius 1 is 1.50 bits per heavy atom. The first-order valence-electron chi connectivity index (χ1n) is 5.83. The van der Waals surface area contributed by atoms with Gasteiger partial charge in [0.25, 0.3) is 0 Å². The maximum absolute atomic E-state index is 11.5. The zero-order chi connectivity index (χ0) is 12.3. The molecule has 0 aromatic heterocycles. The molecule has 4 heteroatoms. The van der Waals surface area contributed by atoms with E-state index in [2.05, 4.69) is 20.8 Å². The van der Waals surface area contributed by atoms with Gasteiger partial charge in [-0.25, -0.2) is 0 Å². The number of ether oxygens (including phenoxy) is 1. The van der Waals surface area contributed by atoms with Crippen LogP contribution in [0.5, 0.6) is 0 Å². The zero-order valence-corrected chi connectivity index (χ0v) is 10.7. The molecule has 0 bridgehead atoms. The highest BCUT2D eigenvalue weighted by Gasteiger charge is 2.36. The van der Waals surface area contributed by atoms with Gasteiger partial charge >= 0.3 is 5.97 Å². The van der Waals surface area contributed by atoms with E-state index in [1.807, 2.05) is 4.90 Å². The van der Waals surface area contributed by atoms with Crippen LogP contribution in [0.15, 0.2) is 0 Å². The molecule has 2 unspecified atom stereocenters. The largest absolute Gasteiger partial charge is 0.468 e. The van der Waals surface area contributed by atoms with E-state index >= 15 is 0 Å². The third kappa shape index (κ3) is 3.76. The lowest BCUT2D eigenvalue weighted by Crippen LogP contribution is -2.38. The smallest absolute Gasteiger partial charge is 0.323 e. The van der Waals surface area contributed by atoms with Gasteiger partial charge in [0.05, 0.1) is 13.2 Å². The number of hydrogen-bond acceptors (Lipinski definition) is 4. The monoisotopic (exact) mass is 229 g/mol. The molecule has 1 fully saturated rings. The van der Waals surface area contributed by atoms with Crippen molar-refractivity contribution in [1.29, 1.82) is 0 Å². The number of rotatable bonds is 3. The van der Waals surface area contributed by atoms with Crippen LogP contribution < -0.4 is 0 Å². The van der Waals surface area contributed by atoms with Gasteiger partial charge in [-0.15, -0.1) is 0 Å². The quantitative estimate of drug-likeness (QED) is 0.734. The van der Waals surface area contributed by atoms with Gasteiger partial charge in [0.15, 0.2) is 0 Å². The van der Waals surface area contributed by atoms with Crippen molar-refractivity contribution in [2.45, 2.75) is 45.8 Å². The highest BCUT2D eigenvalue weighted by atomic mass is 16.5. The van der Waals surface area contributed by atoms with Gasteiger partial charge in [-0.2, -0.15) is 0 Å². The van der Waals surface area contributed by atoms with E-state index in [1.54, 1.807) is 0 Å². The maximum atomic E-state index is 11.5. The van der Waals surface area contributed by atoms with Crippen LogP contribution in [0, 0.1) is 5.41 Å². The lowest BCUT2D eigenvalue weighted by molar-refractivity contribution is -0.146. The van der Waals surface area contributed by atoms with Crippen LogP contribution in [0.1, 0.15) is 33.6 Å². The number of aliphatic hydroxyl groups excluding tert-OH is 1. The van der Waals surface area contributed by atoms with Gasteiger partial charge < -0.3 is 9.84 Å². The zero-order valence-electron chi connectivity index (χ0n) is 10.7. The van der Waals surface area contributed by atoms with Crippen LogP contribution >= 0.6 is 0 Å². The molecular weight excluding hydrogens is 206 g/mol. The van der Waals surface area contributed by atoms with Crippen LogP contribution in [0.25, 0.3) is 0 Å². The fourth-order valence-electron chi connectivity index (χ4n) is 1.99. The van der Waals surface area contributed by atoms with E-state index in [0.717, 1.165) is 13.0 Å². The van der Waals surface area contributed by atoms with Crippen LogP contribution in [0.3, 0.4) is 0 Å². The van der Waals surface area contributed by atoms with Gasteiger partial charge in [0.2, 0.25) is 0 Å². The van der Waals surface area contributed by atoms with Crippen LogP contribution in [0.2, 0.25) is 0 Å². The average Bonchev–Trinajstić information content (AvgIpc) is 2.54. The van der Waals surface area contributed by atoms with Crippen molar-refractivity contribution < 1.29 is 14.6 Å². The number of aliphatic hydroxyl groups is 1. The van der Waals surface area contributed by atoms with Gasteiger partial charge in [0.1, 0.15) is 6.04 Å². The minimum Gasteiger partial charge on any atom is -0.468 e. The van der Waals surface area contributed by atoms with Crippen molar-refractivity contribution in [2.75, 3.05) is 20.2 Å². The summed E-state index contributed by atoms with van der Waals surface area (Å²) in [5.41, 5.74) is 0.244. The SMILES string of the molecule is COC(=O)C1CC(O)CN1CCC(C)(C)C. The van der Waals surface area contributed by atoms with E-state index in [-0.39, 0.29) is 17.4 Å². The second-order valence-corrected chi connectivity index (χ2v) is 5.73. The maximum Gasteiger partial charge on any atom is 0.323 e. The minimum atomic E-state index is -0.399. The topological polar surface area (TPSA) is 49.8 Å². The summed E-state index contributed by atoms with van der Waals surface area (Å²) in [6.45, 7) is 7.93. The summed E-state index contributed by atoms with van der Waals surface area (Å²) in [7, 11) is 1.40. The number of carbonyl (C=O) groups excluding carboxylic acids is 1. The lowest BCUT2D eigenvalue weighted by Gasteiger charge is -2.26. The Kier molecular flexibility index (Phi) is 4.33. The van der Waals surface area contributed by atoms with Crippen molar-refractivity contribution in [3.8, 4) is 0 Å². The molecular formula is C12H23NO3. The number of carbonyl (C=O) groups is 1. The van der Waals surface area contributed by atoms with Crippen molar-refractivity contribution >= 4 is 5.97 Å². The molecule has 1 aliphatic rings. The van der Waals surface area contributed by atoms with Crippen molar-refractivity contribution in [3.05, 3.63) is 0 Å². The summed E-state index contributed by atoms with van der Waals surface area (Å²) in [4.78, 5) is 13.5. The van der Waals surface area contributed by atoms with E-state index < -0.39 is 6.10 Å². The highest BCUT2D eigenvalue weighted by molar-refractivity contribution is 5.76. The van der Waals surface area contributed by atoms with Crippen LogP contribution in [0.4, 0.5) is 0 Å². The molecule has 94 valence electrons. The molecule has 1 heterocycles. The number of β-amino-alcohol motifs (C(OH)–C–C–N with tert-alkyl or cyclic N) is 1. The standard InChI is InChI=1S/C12H23NO3/c1-12(2,3)5-6-13-8-9(14)7-10(13)11(15)16-4/h9-10,14H,5-8H2,1-4H3. The number of methoxy groups -OCH3 is 1. The van der Waals surface area contributed by atoms with Gasteiger partial charge in [0, 0.05) is 13.0 Å². The van der Waals surface area contributed by atoms with Crippen LogP contribution in [-0.2, 0) is 9.53 Å². The molecule has 2 atom stereocenters. The van der Waals surface area contributed by atoms with Gasteiger partial charge in [-0.1, -0.05) is 20.8 Å². The molecule has 1 rings (SSSR count). The molecule has 1 N–H and O–H groups in total. The molecule has 0 aliphatic carbocycles. The summed E-state index contributed by atoms with van der Waals surface area (Å²) in [6, 6.07) is -0.262. The Balaban J connectivity index is 2.53. The molecule has 0 spiro atoms. The van der Waals surface area contributed by atoms with E-state index in [4.69, 9.17) is 4.74 Å². The number of likely N-dealkylation sites (tertiary alicyclic amines) is 1. The molecule has 0 amide bonds. The molecule has 0 aromatic rings. The Morgan fingerprint density at radius 3 is 2.62 bits per heavy atom. The Labute approximate surface area is 97.6 Å². The van der Waals surface area contributed by atoms with Crippen LogP contribution in [-0.4, -0.2) is 48.3 Å². The molecule has 0 saturated carbocycles. The summed E-state index contributed by atoms with van der Waals surface area (Å²) < 4.78 is 4.75. The normalized spacial score (nSPS) is 27.1. The summed E-state index contributed by atoms with van der Waals surface area (Å²) in [6.07, 6.45) is 1.10. The first-order valence-corrected chi connectivity index (χ1v) is 5.83. The number of nitrogens with zero attached hydrogens (tertiary/aromatic N) is 1. The fourth-order valence-corrected chi connectivity index (χ4v) is 1.99. The minimum absolute atomic E-state index is 0.231. The second kappa shape index (κ2) is 5.15. The van der Waals surface area contributed by atoms with Crippen molar-refractivity contribution in [1.82, 2.24) is 4.90 Å². The van der Waals surface area contributed by atoms with E-state index in [1.165, 1.54) is 7.11 Å². The first-order chi connectivity index (χ1) is 7.33. The Hall–Kier alpha value is -0.610. The van der Waals surface area contributed by atoms with E-state index in [0.29, 0.717) is 13.0 Å². The molecule has 16 heavy (non-hydrogen) atoms. The van der Waals surface area contributed by atoms with Crippen molar-refractivity contribution in [2.24, 2.45) is 5.41 Å². The molecule has 0 radical (unpaired) electrons. The summed E-state index contributed by atoms with van der Waals surface area (Å²) in [5.74, 6) is -0.231. The summed E-state index contributed by atoms with van der Waals surface area (Å²) >= 11 is 0. The predicted molar refractivity (Wildman–Crippen MR) is 62.1 cm³/mol. The third-order valence-electron chi connectivity index (χ3n) is 3.00. The molecule has 1 aliphatic heterocycles. The predicted octanol–water partition coefficient (Wildman–Crippen LogP) is 1.03. The number of hydrogen-bond donors (Lipinski definition) is 1. The molecule has 1 saturated heterocycles. The van der Waals surface area contributed by atoms with Crippen molar-refractivity contribution in [3.63, 3.8) is 0 Å². The first kappa shape index (κ1) is 13.5. The third-order valence-corrected chi connectivity index (χ3v) is 3.00. The Morgan fingerprint density at radius 2 is 2.12 bits per heavy atom. The van der Waals surface area contributed by atoms with Gasteiger partial charge in [-0.3, -0.25) is 9.69 Å². The number of esters is 1. The van der Waals surface area contributed by atoms with E-state index in [9.17, 15) is 9.90 Å². The van der Waals surface area contributed by atoms with Gasteiger partial charge in [-0.05, 0) is 18.4 Å².